The number of halogens is 1. The van der Waals surface area contributed by atoms with Crippen LogP contribution in [0, 0.1) is 15.4 Å². The SMILES string of the molecule is Ic1cccc2c(NC3CCCC45OCCC4CC35)ncnc12. The Morgan fingerprint density at radius 3 is 3.13 bits per heavy atom. The molecule has 3 aliphatic rings. The predicted molar refractivity (Wildman–Crippen MR) is 98.4 cm³/mol. The molecular weight excluding hydrogens is 401 g/mol. The third kappa shape index (κ3) is 2.05. The highest BCUT2D eigenvalue weighted by atomic mass is 127. The molecule has 120 valence electrons. The molecule has 4 unspecified atom stereocenters. The van der Waals surface area contributed by atoms with Gasteiger partial charge in [0.25, 0.3) is 0 Å². The summed E-state index contributed by atoms with van der Waals surface area (Å²) in [5, 5.41) is 4.88. The lowest BCUT2D eigenvalue weighted by atomic mass is 9.53. The van der Waals surface area contributed by atoms with Crippen molar-refractivity contribution in [3.63, 3.8) is 0 Å². The summed E-state index contributed by atoms with van der Waals surface area (Å²) in [5.74, 6) is 2.44. The average molecular weight is 421 g/mol. The number of ether oxygens (including phenoxy) is 1. The van der Waals surface area contributed by atoms with E-state index in [-0.39, 0.29) is 5.60 Å². The molecule has 4 atom stereocenters. The fourth-order valence-corrected chi connectivity index (χ4v) is 5.74. The highest BCUT2D eigenvalue weighted by Crippen LogP contribution is 2.59. The maximum atomic E-state index is 6.24. The molecule has 23 heavy (non-hydrogen) atoms. The van der Waals surface area contributed by atoms with Crippen molar-refractivity contribution in [2.75, 3.05) is 11.9 Å². The molecule has 5 rings (SSSR count). The maximum Gasteiger partial charge on any atom is 0.137 e. The second-order valence-corrected chi connectivity index (χ2v) is 8.29. The van der Waals surface area contributed by atoms with E-state index in [1.807, 2.05) is 0 Å². The quantitative estimate of drug-likeness (QED) is 0.745. The van der Waals surface area contributed by atoms with Gasteiger partial charge in [0.2, 0.25) is 0 Å². The first-order valence-electron chi connectivity index (χ1n) is 8.58. The van der Waals surface area contributed by atoms with E-state index in [0.717, 1.165) is 29.2 Å². The van der Waals surface area contributed by atoms with E-state index in [1.165, 1.54) is 35.7 Å². The first-order chi connectivity index (χ1) is 11.3. The number of benzene rings is 1. The van der Waals surface area contributed by atoms with Crippen molar-refractivity contribution in [3.8, 4) is 0 Å². The molecule has 3 fully saturated rings. The number of fused-ring (bicyclic) bond motifs is 1. The van der Waals surface area contributed by atoms with Crippen LogP contribution in [0.2, 0.25) is 0 Å². The van der Waals surface area contributed by atoms with Gasteiger partial charge in [0.05, 0.1) is 11.1 Å². The second kappa shape index (κ2) is 5.28. The molecule has 1 aromatic carbocycles. The van der Waals surface area contributed by atoms with E-state index in [0.29, 0.717) is 12.0 Å². The van der Waals surface area contributed by atoms with Crippen LogP contribution >= 0.6 is 22.6 Å². The van der Waals surface area contributed by atoms with Crippen molar-refractivity contribution in [1.29, 1.82) is 0 Å². The molecular formula is C18H20IN3O. The van der Waals surface area contributed by atoms with Crippen molar-refractivity contribution < 1.29 is 4.74 Å². The van der Waals surface area contributed by atoms with E-state index < -0.39 is 0 Å². The van der Waals surface area contributed by atoms with Crippen LogP contribution in [-0.4, -0.2) is 28.2 Å². The van der Waals surface area contributed by atoms with Crippen LogP contribution in [0.5, 0.6) is 0 Å². The molecule has 1 N–H and O–H groups in total. The number of nitrogens with one attached hydrogen (secondary N) is 1. The van der Waals surface area contributed by atoms with Gasteiger partial charge in [-0.15, -0.1) is 0 Å². The molecule has 2 aliphatic carbocycles. The minimum atomic E-state index is 0.188. The first kappa shape index (κ1) is 14.4. The first-order valence-corrected chi connectivity index (χ1v) is 9.65. The zero-order valence-electron chi connectivity index (χ0n) is 13.0. The number of aromatic nitrogens is 2. The molecule has 2 aromatic rings. The molecule has 1 aliphatic heterocycles. The van der Waals surface area contributed by atoms with Gasteiger partial charge in [0, 0.05) is 27.5 Å². The van der Waals surface area contributed by atoms with Crippen LogP contribution in [0.15, 0.2) is 24.5 Å². The fourth-order valence-electron chi connectivity index (χ4n) is 5.11. The maximum absolute atomic E-state index is 6.24. The van der Waals surface area contributed by atoms with Gasteiger partial charge in [0.1, 0.15) is 12.1 Å². The Balaban J connectivity index is 1.47. The van der Waals surface area contributed by atoms with Gasteiger partial charge >= 0.3 is 0 Å². The zero-order valence-corrected chi connectivity index (χ0v) is 15.1. The summed E-state index contributed by atoms with van der Waals surface area (Å²) in [4.78, 5) is 8.99. The highest BCUT2D eigenvalue weighted by Gasteiger charge is 2.62. The number of para-hydroxylation sites is 1. The summed E-state index contributed by atoms with van der Waals surface area (Å²) in [6.07, 6.45) is 7.99. The summed E-state index contributed by atoms with van der Waals surface area (Å²) >= 11 is 2.35. The molecule has 4 nitrogen and oxygen atoms in total. The van der Waals surface area contributed by atoms with E-state index in [2.05, 4.69) is 56.1 Å². The summed E-state index contributed by atoms with van der Waals surface area (Å²) < 4.78 is 7.42. The minimum Gasteiger partial charge on any atom is -0.374 e. The van der Waals surface area contributed by atoms with E-state index in [4.69, 9.17) is 4.74 Å². The Morgan fingerprint density at radius 1 is 1.26 bits per heavy atom. The van der Waals surface area contributed by atoms with Gasteiger partial charge in [0.15, 0.2) is 0 Å². The normalized spacial score (nSPS) is 35.4. The Labute approximate surface area is 149 Å². The molecule has 2 heterocycles. The molecule has 2 saturated carbocycles. The molecule has 1 aromatic heterocycles. The lowest BCUT2D eigenvalue weighted by Gasteiger charge is -2.57. The third-order valence-corrected chi connectivity index (χ3v) is 7.07. The van der Waals surface area contributed by atoms with Gasteiger partial charge in [-0.2, -0.15) is 0 Å². The highest BCUT2D eigenvalue weighted by molar-refractivity contribution is 14.1. The third-order valence-electron chi connectivity index (χ3n) is 6.20. The molecule has 0 radical (unpaired) electrons. The van der Waals surface area contributed by atoms with Crippen LogP contribution in [0.25, 0.3) is 10.9 Å². The lowest BCUT2D eigenvalue weighted by Crippen LogP contribution is -2.61. The van der Waals surface area contributed by atoms with Gasteiger partial charge < -0.3 is 10.1 Å². The summed E-state index contributed by atoms with van der Waals surface area (Å²) in [7, 11) is 0. The molecule has 0 bridgehead atoms. The van der Waals surface area contributed by atoms with E-state index in [9.17, 15) is 0 Å². The van der Waals surface area contributed by atoms with Crippen LogP contribution in [0.3, 0.4) is 0 Å². The van der Waals surface area contributed by atoms with Crippen molar-refractivity contribution >= 4 is 39.3 Å². The number of nitrogens with zero attached hydrogens (tertiary/aromatic N) is 2. The molecule has 5 heteroatoms. The number of hydrogen-bond acceptors (Lipinski definition) is 4. The van der Waals surface area contributed by atoms with Crippen molar-refractivity contribution in [1.82, 2.24) is 9.97 Å². The lowest BCUT2D eigenvalue weighted by molar-refractivity contribution is -0.160. The van der Waals surface area contributed by atoms with E-state index in [1.54, 1.807) is 6.33 Å². The van der Waals surface area contributed by atoms with Crippen LogP contribution in [0.4, 0.5) is 5.82 Å². The van der Waals surface area contributed by atoms with E-state index >= 15 is 0 Å². The van der Waals surface area contributed by atoms with Crippen molar-refractivity contribution in [2.24, 2.45) is 11.8 Å². The molecule has 0 amide bonds. The topological polar surface area (TPSA) is 47.0 Å². The van der Waals surface area contributed by atoms with Crippen LogP contribution in [0.1, 0.15) is 32.1 Å². The summed E-state index contributed by atoms with van der Waals surface area (Å²) in [5.41, 5.74) is 1.23. The smallest absolute Gasteiger partial charge is 0.137 e. The van der Waals surface area contributed by atoms with Crippen LogP contribution < -0.4 is 5.32 Å². The van der Waals surface area contributed by atoms with Gasteiger partial charge in [-0.1, -0.05) is 6.07 Å². The molecule has 1 spiro atoms. The second-order valence-electron chi connectivity index (χ2n) is 7.13. The summed E-state index contributed by atoms with van der Waals surface area (Å²) in [6.45, 7) is 0.961. The predicted octanol–water partition coefficient (Wildman–Crippen LogP) is 3.99. The summed E-state index contributed by atoms with van der Waals surface area (Å²) in [6, 6.07) is 6.78. The standard InChI is InChI=1S/C18H20IN3O/c19-14-4-1-3-12-16(14)20-10-21-17(12)22-15-5-2-7-18-11(6-8-23-18)9-13(15)18/h1,3-4,10-11,13,15H,2,5-9H2,(H,20,21,22). The van der Waals surface area contributed by atoms with Gasteiger partial charge in [-0.3, -0.25) is 0 Å². The van der Waals surface area contributed by atoms with Crippen LogP contribution in [-0.2, 0) is 4.74 Å². The average Bonchev–Trinajstić information content (AvgIpc) is 2.83. The fraction of sp³-hybridized carbons (Fsp3) is 0.556. The van der Waals surface area contributed by atoms with Crippen molar-refractivity contribution in [3.05, 3.63) is 28.1 Å². The Bertz CT molecular complexity index is 767. The Morgan fingerprint density at radius 2 is 2.22 bits per heavy atom. The van der Waals surface area contributed by atoms with Gasteiger partial charge in [-0.05, 0) is 72.7 Å². The number of rotatable bonds is 2. The number of anilines is 1. The Hall–Kier alpha value is -0.950. The zero-order chi connectivity index (χ0) is 15.4. The van der Waals surface area contributed by atoms with Crippen molar-refractivity contribution in [2.45, 2.75) is 43.7 Å². The largest absolute Gasteiger partial charge is 0.374 e. The Kier molecular flexibility index (Phi) is 3.30. The molecule has 1 saturated heterocycles. The monoisotopic (exact) mass is 421 g/mol. The van der Waals surface area contributed by atoms with Gasteiger partial charge in [-0.25, -0.2) is 9.97 Å². The minimum absolute atomic E-state index is 0.188. The number of hydrogen-bond donors (Lipinski definition) is 1.